The fourth-order valence-electron chi connectivity index (χ4n) is 1.25. The monoisotopic (exact) mass is 265 g/mol. The standard InChI is InChI=1S/C13H19N3O3/c1-13(2,3)19-12(18)15-9-6-11(17)16-10-4-7-14-8-5-10/h4-5,7-8H,6,9H2,1-3H3,(H,15,18)(H,14,16,17). The lowest BCUT2D eigenvalue weighted by atomic mass is 10.2. The molecule has 0 aliphatic rings. The van der Waals surface area contributed by atoms with E-state index in [4.69, 9.17) is 4.74 Å². The molecule has 1 rings (SSSR count). The van der Waals surface area contributed by atoms with Crippen molar-refractivity contribution in [2.75, 3.05) is 11.9 Å². The Balaban J connectivity index is 2.23. The number of hydrogen-bond acceptors (Lipinski definition) is 4. The van der Waals surface area contributed by atoms with Crippen molar-refractivity contribution in [1.29, 1.82) is 0 Å². The maximum atomic E-state index is 11.6. The number of carbonyl (C=O) groups excluding carboxylic acids is 2. The number of rotatable bonds is 4. The van der Waals surface area contributed by atoms with Gasteiger partial charge >= 0.3 is 6.09 Å². The Morgan fingerprint density at radius 1 is 1.26 bits per heavy atom. The summed E-state index contributed by atoms with van der Waals surface area (Å²) in [5, 5.41) is 5.21. The molecule has 0 saturated heterocycles. The van der Waals surface area contributed by atoms with Crippen LogP contribution in [0.25, 0.3) is 0 Å². The minimum atomic E-state index is -0.538. The summed E-state index contributed by atoms with van der Waals surface area (Å²) < 4.78 is 5.05. The summed E-state index contributed by atoms with van der Waals surface area (Å²) in [4.78, 5) is 26.7. The second-order valence-corrected chi connectivity index (χ2v) is 4.96. The number of nitrogens with zero attached hydrogens (tertiary/aromatic N) is 1. The average molecular weight is 265 g/mol. The zero-order valence-corrected chi connectivity index (χ0v) is 11.4. The third-order valence-corrected chi connectivity index (χ3v) is 1.98. The van der Waals surface area contributed by atoms with Crippen LogP contribution in [-0.2, 0) is 9.53 Å². The Bertz CT molecular complexity index is 427. The summed E-state index contributed by atoms with van der Waals surface area (Å²) in [7, 11) is 0. The van der Waals surface area contributed by atoms with Crippen LogP contribution in [-0.4, -0.2) is 29.1 Å². The molecule has 0 saturated carbocycles. The molecule has 1 heterocycles. The van der Waals surface area contributed by atoms with Crippen molar-refractivity contribution in [1.82, 2.24) is 10.3 Å². The van der Waals surface area contributed by atoms with Crippen molar-refractivity contribution >= 4 is 17.7 Å². The minimum Gasteiger partial charge on any atom is -0.444 e. The number of amides is 2. The van der Waals surface area contributed by atoms with Crippen molar-refractivity contribution in [3.05, 3.63) is 24.5 Å². The zero-order chi connectivity index (χ0) is 14.3. The number of carbonyl (C=O) groups is 2. The first-order chi connectivity index (χ1) is 8.87. The highest BCUT2D eigenvalue weighted by molar-refractivity contribution is 5.90. The molecular formula is C13H19N3O3. The molecule has 0 fully saturated rings. The highest BCUT2D eigenvalue weighted by Crippen LogP contribution is 2.06. The van der Waals surface area contributed by atoms with Crippen LogP contribution in [0.3, 0.4) is 0 Å². The summed E-state index contributed by atoms with van der Waals surface area (Å²) in [6.07, 6.45) is 2.84. The van der Waals surface area contributed by atoms with Crippen LogP contribution < -0.4 is 10.6 Å². The number of hydrogen-bond donors (Lipinski definition) is 2. The molecule has 0 spiro atoms. The molecule has 0 aliphatic heterocycles. The molecule has 6 heteroatoms. The number of ether oxygens (including phenoxy) is 1. The van der Waals surface area contributed by atoms with E-state index < -0.39 is 11.7 Å². The number of pyridine rings is 1. The smallest absolute Gasteiger partial charge is 0.407 e. The molecule has 0 bridgehead atoms. The van der Waals surface area contributed by atoms with Gasteiger partial charge in [-0.05, 0) is 32.9 Å². The van der Waals surface area contributed by atoms with Gasteiger partial charge in [-0.2, -0.15) is 0 Å². The average Bonchev–Trinajstić information content (AvgIpc) is 2.27. The van der Waals surface area contributed by atoms with E-state index in [1.807, 2.05) is 0 Å². The van der Waals surface area contributed by atoms with Crippen molar-refractivity contribution in [3.8, 4) is 0 Å². The molecule has 2 amide bonds. The Kier molecular flexibility index (Phi) is 5.29. The lowest BCUT2D eigenvalue weighted by Gasteiger charge is -2.19. The summed E-state index contributed by atoms with van der Waals surface area (Å²) >= 11 is 0. The van der Waals surface area contributed by atoms with Crippen LogP contribution in [0.4, 0.5) is 10.5 Å². The zero-order valence-electron chi connectivity index (χ0n) is 11.4. The molecule has 6 nitrogen and oxygen atoms in total. The van der Waals surface area contributed by atoms with Crippen LogP contribution >= 0.6 is 0 Å². The summed E-state index contributed by atoms with van der Waals surface area (Å²) in [6, 6.07) is 3.39. The normalized spacial score (nSPS) is 10.7. The Hall–Kier alpha value is -2.11. The van der Waals surface area contributed by atoms with Crippen LogP contribution in [0.2, 0.25) is 0 Å². The van der Waals surface area contributed by atoms with Crippen molar-refractivity contribution in [3.63, 3.8) is 0 Å². The summed E-state index contributed by atoms with van der Waals surface area (Å²) in [5.41, 5.74) is 0.140. The third-order valence-electron chi connectivity index (χ3n) is 1.98. The van der Waals surface area contributed by atoms with Gasteiger partial charge in [-0.3, -0.25) is 9.78 Å². The fraction of sp³-hybridized carbons (Fsp3) is 0.462. The maximum Gasteiger partial charge on any atom is 0.407 e. The van der Waals surface area contributed by atoms with Gasteiger partial charge in [0.15, 0.2) is 0 Å². The van der Waals surface area contributed by atoms with E-state index in [9.17, 15) is 9.59 Å². The number of aromatic nitrogens is 1. The van der Waals surface area contributed by atoms with Gasteiger partial charge in [-0.1, -0.05) is 0 Å². The van der Waals surface area contributed by atoms with Gasteiger partial charge in [0, 0.05) is 31.0 Å². The molecule has 1 aromatic rings. The third kappa shape index (κ3) is 7.03. The molecule has 0 aromatic carbocycles. The first-order valence-electron chi connectivity index (χ1n) is 6.03. The van der Waals surface area contributed by atoms with Gasteiger partial charge in [0.2, 0.25) is 5.91 Å². The van der Waals surface area contributed by atoms with E-state index in [0.717, 1.165) is 0 Å². The molecule has 0 atom stereocenters. The van der Waals surface area contributed by atoms with Gasteiger partial charge in [-0.25, -0.2) is 4.79 Å². The van der Waals surface area contributed by atoms with Crippen LogP contribution in [0, 0.1) is 0 Å². The van der Waals surface area contributed by atoms with Gasteiger partial charge in [0.1, 0.15) is 5.60 Å². The second-order valence-electron chi connectivity index (χ2n) is 4.96. The molecule has 0 aliphatic carbocycles. The van der Waals surface area contributed by atoms with E-state index in [1.54, 1.807) is 45.3 Å². The maximum absolute atomic E-state index is 11.6. The van der Waals surface area contributed by atoms with Gasteiger partial charge < -0.3 is 15.4 Å². The van der Waals surface area contributed by atoms with Crippen LogP contribution in [0.5, 0.6) is 0 Å². The SMILES string of the molecule is CC(C)(C)OC(=O)NCCC(=O)Nc1ccncc1. The largest absolute Gasteiger partial charge is 0.444 e. The predicted molar refractivity (Wildman–Crippen MR) is 71.7 cm³/mol. The Morgan fingerprint density at radius 3 is 2.47 bits per heavy atom. The first kappa shape index (κ1) is 14.9. The van der Waals surface area contributed by atoms with Crippen molar-refractivity contribution in [2.45, 2.75) is 32.8 Å². The second kappa shape index (κ2) is 6.72. The van der Waals surface area contributed by atoms with Gasteiger partial charge in [0.05, 0.1) is 0 Å². The quantitative estimate of drug-likeness (QED) is 0.871. The summed E-state index contributed by atoms with van der Waals surface area (Å²) in [5.74, 6) is -0.178. The van der Waals surface area contributed by atoms with E-state index >= 15 is 0 Å². The highest BCUT2D eigenvalue weighted by atomic mass is 16.6. The number of nitrogens with one attached hydrogen (secondary N) is 2. The molecule has 104 valence electrons. The highest BCUT2D eigenvalue weighted by Gasteiger charge is 2.15. The molecule has 2 N–H and O–H groups in total. The molecule has 19 heavy (non-hydrogen) atoms. The first-order valence-corrected chi connectivity index (χ1v) is 6.03. The van der Waals surface area contributed by atoms with Gasteiger partial charge in [-0.15, -0.1) is 0 Å². The number of anilines is 1. The lowest BCUT2D eigenvalue weighted by molar-refractivity contribution is -0.116. The molecular weight excluding hydrogens is 246 g/mol. The molecule has 0 unspecified atom stereocenters. The van der Waals surface area contributed by atoms with E-state index in [2.05, 4.69) is 15.6 Å². The lowest BCUT2D eigenvalue weighted by Crippen LogP contribution is -2.34. The van der Waals surface area contributed by atoms with Crippen molar-refractivity contribution in [2.24, 2.45) is 0 Å². The van der Waals surface area contributed by atoms with Gasteiger partial charge in [0.25, 0.3) is 0 Å². The molecule has 1 aromatic heterocycles. The fourth-order valence-corrected chi connectivity index (χ4v) is 1.25. The van der Waals surface area contributed by atoms with Crippen molar-refractivity contribution < 1.29 is 14.3 Å². The molecule has 0 radical (unpaired) electrons. The van der Waals surface area contributed by atoms with E-state index in [0.29, 0.717) is 5.69 Å². The van der Waals surface area contributed by atoms with E-state index in [-0.39, 0.29) is 18.9 Å². The van der Waals surface area contributed by atoms with E-state index in [1.165, 1.54) is 0 Å². The Morgan fingerprint density at radius 2 is 1.89 bits per heavy atom. The topological polar surface area (TPSA) is 80.3 Å². The summed E-state index contributed by atoms with van der Waals surface area (Å²) in [6.45, 7) is 5.57. The number of alkyl carbamates (subject to hydrolysis) is 1. The minimum absolute atomic E-state index is 0.178. The Labute approximate surface area is 112 Å². The predicted octanol–water partition coefficient (Wildman–Crippen LogP) is 1.93. The van der Waals surface area contributed by atoms with Crippen LogP contribution in [0.15, 0.2) is 24.5 Å². The van der Waals surface area contributed by atoms with Crippen LogP contribution in [0.1, 0.15) is 27.2 Å².